The molecule has 1 aromatic carbocycles. The van der Waals surface area contributed by atoms with Crippen LogP contribution in [0.15, 0.2) is 24.3 Å². The van der Waals surface area contributed by atoms with Crippen LogP contribution < -0.4 is 4.74 Å². The lowest BCUT2D eigenvalue weighted by molar-refractivity contribution is 0.190. The van der Waals surface area contributed by atoms with Gasteiger partial charge in [0.1, 0.15) is 5.75 Å². The summed E-state index contributed by atoms with van der Waals surface area (Å²) in [5.41, 5.74) is 1.52. The third-order valence-electron chi connectivity index (χ3n) is 5.73. The number of ether oxygens (including phenoxy) is 1. The van der Waals surface area contributed by atoms with E-state index >= 15 is 0 Å². The Balaban J connectivity index is 1.52. The van der Waals surface area contributed by atoms with E-state index in [2.05, 4.69) is 46.9 Å². The van der Waals surface area contributed by atoms with Crippen molar-refractivity contribution in [2.45, 2.75) is 61.2 Å². The first-order valence-electron chi connectivity index (χ1n) is 8.54. The zero-order valence-electron chi connectivity index (χ0n) is 13.1. The van der Waals surface area contributed by atoms with Crippen molar-refractivity contribution < 1.29 is 4.74 Å². The molecule has 0 atom stereocenters. The van der Waals surface area contributed by atoms with Crippen molar-refractivity contribution in [3.63, 3.8) is 0 Å². The monoisotopic (exact) mass is 398 g/mol. The number of halogens is 1. The van der Waals surface area contributed by atoms with Gasteiger partial charge in [0.2, 0.25) is 0 Å². The predicted molar refractivity (Wildman–Crippen MR) is 97.5 cm³/mol. The largest absolute Gasteiger partial charge is 0.497 e. The second-order valence-corrected chi connectivity index (χ2v) is 8.66. The summed E-state index contributed by atoms with van der Waals surface area (Å²) in [5.74, 6) is 3.81. The molecular formula is C19H27IO. The van der Waals surface area contributed by atoms with Crippen LogP contribution in [0.3, 0.4) is 0 Å². The lowest BCUT2D eigenvalue weighted by Crippen LogP contribution is -2.25. The van der Waals surface area contributed by atoms with Crippen molar-refractivity contribution in [3.05, 3.63) is 29.8 Å². The van der Waals surface area contributed by atoms with E-state index in [4.69, 9.17) is 4.74 Å². The maximum absolute atomic E-state index is 5.26. The summed E-state index contributed by atoms with van der Waals surface area (Å²) in [6, 6.07) is 8.77. The fraction of sp³-hybridized carbons (Fsp3) is 0.684. The van der Waals surface area contributed by atoms with Crippen molar-refractivity contribution in [1.82, 2.24) is 0 Å². The first kappa shape index (κ1) is 15.6. The molecule has 1 nitrogen and oxygen atoms in total. The number of hydrogen-bond acceptors (Lipinski definition) is 1. The quantitative estimate of drug-likeness (QED) is 0.451. The summed E-state index contributed by atoms with van der Waals surface area (Å²) in [7, 11) is 1.74. The van der Waals surface area contributed by atoms with E-state index in [0.29, 0.717) is 0 Å². The van der Waals surface area contributed by atoms with Crippen molar-refractivity contribution in [2.24, 2.45) is 11.8 Å². The van der Waals surface area contributed by atoms with Crippen LogP contribution >= 0.6 is 22.6 Å². The summed E-state index contributed by atoms with van der Waals surface area (Å²) >= 11 is 2.64. The Bertz CT molecular complexity index is 425. The minimum absolute atomic E-state index is 0.785. The maximum Gasteiger partial charge on any atom is 0.118 e. The summed E-state index contributed by atoms with van der Waals surface area (Å²) < 4.78 is 6.21. The van der Waals surface area contributed by atoms with Gasteiger partial charge in [-0.1, -0.05) is 34.7 Å². The molecule has 0 unspecified atom stereocenters. The van der Waals surface area contributed by atoms with Crippen LogP contribution in [0.25, 0.3) is 0 Å². The van der Waals surface area contributed by atoms with Crippen LogP contribution in [0.4, 0.5) is 0 Å². The molecule has 21 heavy (non-hydrogen) atoms. The van der Waals surface area contributed by atoms with Crippen LogP contribution in [0.2, 0.25) is 0 Å². The molecule has 0 saturated heterocycles. The van der Waals surface area contributed by atoms with E-state index in [-0.39, 0.29) is 0 Å². The van der Waals surface area contributed by atoms with Crippen LogP contribution in [0.5, 0.6) is 5.75 Å². The molecule has 0 heterocycles. The smallest absolute Gasteiger partial charge is 0.118 e. The van der Waals surface area contributed by atoms with E-state index in [1.807, 2.05) is 0 Å². The molecule has 2 saturated carbocycles. The molecule has 0 amide bonds. The topological polar surface area (TPSA) is 9.23 Å². The molecule has 0 aromatic heterocycles. The molecule has 3 rings (SSSR count). The fourth-order valence-electron chi connectivity index (χ4n) is 4.35. The average Bonchev–Trinajstić information content (AvgIpc) is 2.56. The number of alkyl halides is 1. The van der Waals surface area contributed by atoms with E-state index in [9.17, 15) is 0 Å². The first-order chi connectivity index (χ1) is 10.3. The average molecular weight is 398 g/mol. The third-order valence-corrected chi connectivity index (χ3v) is 6.97. The van der Waals surface area contributed by atoms with Crippen molar-refractivity contribution in [1.29, 1.82) is 0 Å². The van der Waals surface area contributed by atoms with Crippen molar-refractivity contribution in [2.75, 3.05) is 7.11 Å². The molecule has 0 bridgehead atoms. The second kappa shape index (κ2) is 7.34. The highest BCUT2D eigenvalue weighted by Gasteiger charge is 2.30. The predicted octanol–water partition coefficient (Wildman–Crippen LogP) is 5.96. The van der Waals surface area contributed by atoms with E-state index in [1.54, 1.807) is 7.11 Å². The standard InChI is InChI=1S/C19H27IO/c1-21-19-12-8-17(9-13-19)15-4-2-14(3-5-15)16-6-10-18(20)11-7-16/h8-9,12-16,18H,2-7,10-11H2,1H3. The van der Waals surface area contributed by atoms with Gasteiger partial charge < -0.3 is 4.74 Å². The van der Waals surface area contributed by atoms with Gasteiger partial charge in [-0.3, -0.25) is 0 Å². The minimum Gasteiger partial charge on any atom is -0.497 e. The summed E-state index contributed by atoms with van der Waals surface area (Å²) in [5, 5.41) is 0. The summed E-state index contributed by atoms with van der Waals surface area (Å²) in [4.78, 5) is 0. The van der Waals surface area contributed by atoms with Gasteiger partial charge in [0.15, 0.2) is 0 Å². The molecule has 0 radical (unpaired) electrons. The van der Waals surface area contributed by atoms with E-state index in [0.717, 1.165) is 27.4 Å². The molecule has 0 N–H and O–H groups in total. The normalized spacial score (nSPS) is 33.6. The second-order valence-electron chi connectivity index (χ2n) is 6.90. The first-order valence-corrected chi connectivity index (χ1v) is 9.79. The zero-order chi connectivity index (χ0) is 14.7. The lowest BCUT2D eigenvalue weighted by Gasteiger charge is -2.37. The maximum atomic E-state index is 5.26. The number of hydrogen-bond donors (Lipinski definition) is 0. The van der Waals surface area contributed by atoms with Crippen molar-refractivity contribution in [3.8, 4) is 5.75 Å². The molecule has 2 aliphatic rings. The molecule has 0 aliphatic heterocycles. The van der Waals surface area contributed by atoms with Crippen LogP contribution in [-0.2, 0) is 0 Å². The SMILES string of the molecule is COc1ccc(C2CCC(C3CCC(I)CC3)CC2)cc1. The summed E-state index contributed by atoms with van der Waals surface area (Å²) in [6.45, 7) is 0. The van der Waals surface area contributed by atoms with Gasteiger partial charge in [0.25, 0.3) is 0 Å². The van der Waals surface area contributed by atoms with Crippen molar-refractivity contribution >= 4 is 22.6 Å². The van der Waals surface area contributed by atoms with Gasteiger partial charge in [-0.15, -0.1) is 0 Å². The molecular weight excluding hydrogens is 371 g/mol. The van der Waals surface area contributed by atoms with Crippen LogP contribution in [0, 0.1) is 11.8 Å². The van der Waals surface area contributed by atoms with Gasteiger partial charge >= 0.3 is 0 Å². The Kier molecular flexibility index (Phi) is 5.47. The number of methoxy groups -OCH3 is 1. The summed E-state index contributed by atoms with van der Waals surface area (Å²) in [6.07, 6.45) is 11.6. The Morgan fingerprint density at radius 2 is 1.33 bits per heavy atom. The molecule has 116 valence electrons. The van der Waals surface area contributed by atoms with Gasteiger partial charge in [0.05, 0.1) is 7.11 Å². The van der Waals surface area contributed by atoms with Gasteiger partial charge in [-0.05, 0) is 86.8 Å². The number of benzene rings is 1. The number of rotatable bonds is 3. The third kappa shape index (κ3) is 3.94. The zero-order valence-corrected chi connectivity index (χ0v) is 15.2. The molecule has 2 heteroatoms. The Hall–Kier alpha value is -0.250. The van der Waals surface area contributed by atoms with E-state index in [1.165, 1.54) is 56.9 Å². The van der Waals surface area contributed by atoms with Gasteiger partial charge in [0, 0.05) is 3.92 Å². The van der Waals surface area contributed by atoms with Crippen LogP contribution in [-0.4, -0.2) is 11.0 Å². The Labute approximate surface area is 143 Å². The highest BCUT2D eigenvalue weighted by Crippen LogP contribution is 2.43. The van der Waals surface area contributed by atoms with Gasteiger partial charge in [-0.25, -0.2) is 0 Å². The highest BCUT2D eigenvalue weighted by atomic mass is 127. The molecule has 0 spiro atoms. The Morgan fingerprint density at radius 3 is 1.86 bits per heavy atom. The van der Waals surface area contributed by atoms with Crippen LogP contribution in [0.1, 0.15) is 62.8 Å². The Morgan fingerprint density at radius 1 is 0.810 bits per heavy atom. The molecule has 2 fully saturated rings. The highest BCUT2D eigenvalue weighted by molar-refractivity contribution is 14.1. The van der Waals surface area contributed by atoms with Gasteiger partial charge in [-0.2, -0.15) is 0 Å². The molecule has 2 aliphatic carbocycles. The molecule has 1 aromatic rings. The fourth-order valence-corrected chi connectivity index (χ4v) is 5.07. The van der Waals surface area contributed by atoms with E-state index < -0.39 is 0 Å². The minimum atomic E-state index is 0.785. The lowest BCUT2D eigenvalue weighted by atomic mass is 9.70.